The third-order valence-electron chi connectivity index (χ3n) is 5.13. The van der Waals surface area contributed by atoms with E-state index in [4.69, 9.17) is 9.40 Å². The maximum absolute atomic E-state index is 12.5. The van der Waals surface area contributed by atoms with Crippen molar-refractivity contribution < 1.29 is 9.21 Å². The Morgan fingerprint density at radius 1 is 1.07 bits per heavy atom. The Morgan fingerprint density at radius 2 is 1.86 bits per heavy atom. The van der Waals surface area contributed by atoms with Crippen molar-refractivity contribution in [2.45, 2.75) is 32.6 Å². The first-order valence-electron chi connectivity index (χ1n) is 9.49. The first-order chi connectivity index (χ1) is 14.1. The quantitative estimate of drug-likeness (QED) is 0.506. The van der Waals surface area contributed by atoms with Crippen LogP contribution in [0.3, 0.4) is 0 Å². The molecule has 7 nitrogen and oxygen atoms in total. The molecule has 2 amide bonds. The number of nitrogens with zero attached hydrogens (tertiary/aromatic N) is 2. The van der Waals surface area contributed by atoms with Crippen molar-refractivity contribution in [3.63, 3.8) is 0 Å². The Labute approximate surface area is 169 Å². The van der Waals surface area contributed by atoms with E-state index in [9.17, 15) is 9.59 Å². The molecular weight excluding hydrogens is 388 g/mol. The number of nitrogens with one attached hydrogen (secondary N) is 2. The highest BCUT2D eigenvalue weighted by Crippen LogP contribution is 2.40. The number of aromatic nitrogens is 2. The Bertz CT molecular complexity index is 1310. The SMILES string of the molecule is Cc1nc2sc3c(c2c2oc(=O)nc(NC(=O)Nc4ccccc4)c12)CCCC3. The minimum absolute atomic E-state index is 0.160. The zero-order valence-corrected chi connectivity index (χ0v) is 16.6. The van der Waals surface area contributed by atoms with Gasteiger partial charge in [-0.15, -0.1) is 11.3 Å². The largest absolute Gasteiger partial charge is 0.441 e. The average molecular weight is 406 g/mol. The number of carbonyl (C=O) groups is 1. The molecule has 1 aliphatic carbocycles. The van der Waals surface area contributed by atoms with Crippen LogP contribution in [0.4, 0.5) is 16.3 Å². The molecule has 0 fully saturated rings. The second-order valence-electron chi connectivity index (χ2n) is 7.07. The van der Waals surface area contributed by atoms with Crippen LogP contribution in [0.2, 0.25) is 0 Å². The number of hydrogen-bond acceptors (Lipinski definition) is 6. The molecule has 0 saturated carbocycles. The Morgan fingerprint density at radius 3 is 2.69 bits per heavy atom. The average Bonchev–Trinajstić information content (AvgIpc) is 3.06. The molecule has 3 heterocycles. The molecule has 8 heteroatoms. The Hall–Kier alpha value is -3.26. The fourth-order valence-corrected chi connectivity index (χ4v) is 5.19. The van der Waals surface area contributed by atoms with Gasteiger partial charge < -0.3 is 9.73 Å². The van der Waals surface area contributed by atoms with Gasteiger partial charge in [-0.2, -0.15) is 4.98 Å². The smallest absolute Gasteiger partial charge is 0.407 e. The van der Waals surface area contributed by atoms with Gasteiger partial charge in [0.05, 0.1) is 16.5 Å². The van der Waals surface area contributed by atoms with Gasteiger partial charge in [0.1, 0.15) is 4.83 Å². The Kier molecular flexibility index (Phi) is 4.28. The van der Waals surface area contributed by atoms with Crippen LogP contribution in [0.15, 0.2) is 39.5 Å². The minimum Gasteiger partial charge on any atom is -0.407 e. The Balaban J connectivity index is 1.64. The predicted octanol–water partition coefficient (Wildman–Crippen LogP) is 4.63. The number of benzene rings is 1. The standard InChI is InChI=1S/C21H18N4O3S/c1-11-15-17(16-13-9-5-6-10-14(13)29-19(16)22-11)28-21(27)25-18(15)24-20(26)23-12-7-3-2-4-8-12/h2-4,7-8H,5-6,9-10H2,1H3,(H2,23,24,25,26,27). The summed E-state index contributed by atoms with van der Waals surface area (Å²) in [6, 6.07) is 8.58. The van der Waals surface area contributed by atoms with E-state index in [2.05, 4.69) is 15.6 Å². The molecule has 0 saturated heterocycles. The zero-order valence-electron chi connectivity index (χ0n) is 15.7. The van der Waals surface area contributed by atoms with Gasteiger partial charge in [0, 0.05) is 10.6 Å². The third kappa shape index (κ3) is 3.15. The summed E-state index contributed by atoms with van der Waals surface area (Å²) in [7, 11) is 0. The van der Waals surface area contributed by atoms with Crippen LogP contribution in [-0.4, -0.2) is 16.0 Å². The van der Waals surface area contributed by atoms with E-state index >= 15 is 0 Å². The predicted molar refractivity (Wildman–Crippen MR) is 114 cm³/mol. The second kappa shape index (κ2) is 6.97. The van der Waals surface area contributed by atoms with E-state index in [0.717, 1.165) is 35.9 Å². The van der Waals surface area contributed by atoms with Crippen molar-refractivity contribution in [2.24, 2.45) is 0 Å². The van der Waals surface area contributed by atoms with Gasteiger partial charge >= 0.3 is 11.8 Å². The number of rotatable bonds is 2. The number of amides is 2. The maximum atomic E-state index is 12.5. The highest BCUT2D eigenvalue weighted by molar-refractivity contribution is 7.19. The van der Waals surface area contributed by atoms with E-state index in [1.165, 1.54) is 10.4 Å². The third-order valence-corrected chi connectivity index (χ3v) is 6.32. The van der Waals surface area contributed by atoms with Crippen molar-refractivity contribution in [1.82, 2.24) is 9.97 Å². The van der Waals surface area contributed by atoms with Crippen LogP contribution in [0.1, 0.15) is 29.0 Å². The van der Waals surface area contributed by atoms with Gasteiger partial charge in [0.15, 0.2) is 11.4 Å². The summed E-state index contributed by atoms with van der Waals surface area (Å²) in [5.74, 6) is -0.581. The van der Waals surface area contributed by atoms with Gasteiger partial charge in [0.2, 0.25) is 0 Å². The van der Waals surface area contributed by atoms with Gasteiger partial charge in [-0.25, -0.2) is 14.6 Å². The molecule has 1 aliphatic rings. The summed E-state index contributed by atoms with van der Waals surface area (Å²) in [6.07, 6.45) is 4.23. The first-order valence-corrected chi connectivity index (χ1v) is 10.3. The van der Waals surface area contributed by atoms with Crippen LogP contribution >= 0.6 is 11.3 Å². The zero-order chi connectivity index (χ0) is 20.0. The van der Waals surface area contributed by atoms with Crippen molar-refractivity contribution in [3.05, 3.63) is 57.0 Å². The molecule has 3 aromatic heterocycles. The molecule has 5 rings (SSSR count). The molecule has 0 bridgehead atoms. The minimum atomic E-state index is -0.741. The van der Waals surface area contributed by atoms with E-state index in [-0.39, 0.29) is 5.82 Å². The van der Waals surface area contributed by atoms with E-state index < -0.39 is 11.8 Å². The first kappa shape index (κ1) is 17.8. The molecular formula is C21H18N4O3S. The lowest BCUT2D eigenvalue weighted by molar-refractivity contribution is 0.262. The monoisotopic (exact) mass is 406 g/mol. The molecule has 1 aromatic carbocycles. The summed E-state index contributed by atoms with van der Waals surface area (Å²) >= 11 is 1.66. The molecule has 2 N–H and O–H groups in total. The molecule has 0 atom stereocenters. The van der Waals surface area contributed by atoms with Crippen LogP contribution in [0.5, 0.6) is 0 Å². The number of hydrogen-bond donors (Lipinski definition) is 2. The summed E-state index contributed by atoms with van der Waals surface area (Å²) in [5, 5.41) is 6.88. The number of anilines is 2. The molecule has 4 aromatic rings. The van der Waals surface area contributed by atoms with Crippen LogP contribution in [0, 0.1) is 6.92 Å². The molecule has 0 spiro atoms. The van der Waals surface area contributed by atoms with Crippen LogP contribution in [0.25, 0.3) is 21.2 Å². The van der Waals surface area contributed by atoms with E-state index in [1.807, 2.05) is 25.1 Å². The van der Waals surface area contributed by atoms with Crippen molar-refractivity contribution in [1.29, 1.82) is 0 Å². The summed E-state index contributed by atoms with van der Waals surface area (Å²) < 4.78 is 5.55. The number of fused-ring (bicyclic) bond motifs is 5. The molecule has 146 valence electrons. The summed E-state index contributed by atoms with van der Waals surface area (Å²) in [4.78, 5) is 35.5. The summed E-state index contributed by atoms with van der Waals surface area (Å²) in [6.45, 7) is 1.84. The fourth-order valence-electron chi connectivity index (χ4n) is 3.88. The van der Waals surface area contributed by atoms with Crippen molar-refractivity contribution in [3.8, 4) is 0 Å². The number of aryl methyl sites for hydroxylation is 3. The number of para-hydroxylation sites is 1. The van der Waals surface area contributed by atoms with Gasteiger partial charge in [0.25, 0.3) is 0 Å². The normalized spacial score (nSPS) is 13.4. The van der Waals surface area contributed by atoms with Crippen LogP contribution < -0.4 is 16.4 Å². The number of urea groups is 1. The lowest BCUT2D eigenvalue weighted by Crippen LogP contribution is -2.22. The lowest BCUT2D eigenvalue weighted by atomic mass is 9.96. The maximum Gasteiger partial charge on any atom is 0.441 e. The number of pyridine rings is 1. The van der Waals surface area contributed by atoms with E-state index in [1.54, 1.807) is 23.5 Å². The number of thiophene rings is 1. The number of carbonyl (C=O) groups excluding carboxylic acids is 1. The van der Waals surface area contributed by atoms with Gasteiger partial charge in [-0.3, -0.25) is 5.32 Å². The van der Waals surface area contributed by atoms with Crippen molar-refractivity contribution >= 4 is 50.1 Å². The summed E-state index contributed by atoms with van der Waals surface area (Å²) in [5.41, 5.74) is 2.98. The van der Waals surface area contributed by atoms with Gasteiger partial charge in [-0.05, 0) is 50.3 Å². The van der Waals surface area contributed by atoms with Crippen LogP contribution in [-0.2, 0) is 12.8 Å². The fraction of sp³-hybridized carbons (Fsp3) is 0.238. The highest BCUT2D eigenvalue weighted by atomic mass is 32.1. The lowest BCUT2D eigenvalue weighted by Gasteiger charge is -2.12. The molecule has 0 unspecified atom stereocenters. The second-order valence-corrected chi connectivity index (χ2v) is 8.15. The topological polar surface area (TPSA) is 97.1 Å². The highest BCUT2D eigenvalue weighted by Gasteiger charge is 2.23. The van der Waals surface area contributed by atoms with Gasteiger partial charge in [-0.1, -0.05) is 18.2 Å². The molecule has 29 heavy (non-hydrogen) atoms. The van der Waals surface area contributed by atoms with Crippen molar-refractivity contribution in [2.75, 3.05) is 10.6 Å². The molecule has 0 radical (unpaired) electrons. The molecule has 0 aliphatic heterocycles. The van der Waals surface area contributed by atoms with E-state index in [0.29, 0.717) is 22.4 Å².